The first kappa shape index (κ1) is 59.8. The fourth-order valence-corrected chi connectivity index (χ4v) is 6.48. The van der Waals surface area contributed by atoms with Gasteiger partial charge in [-0.1, -0.05) is 249 Å². The smallest absolute Gasteiger partial charge is 0.336 e. The molecule has 71 heavy (non-hydrogen) atoms. The van der Waals surface area contributed by atoms with Gasteiger partial charge in [-0.25, -0.2) is 9.59 Å². The van der Waals surface area contributed by atoms with Crippen molar-refractivity contribution in [1.29, 1.82) is 0 Å². The van der Waals surface area contributed by atoms with Crippen molar-refractivity contribution >= 4 is 35.7 Å². The molecule has 0 fully saturated rings. The molecular formula is C63H76O8. The van der Waals surface area contributed by atoms with Crippen LogP contribution in [0, 0.1) is 0 Å². The van der Waals surface area contributed by atoms with Gasteiger partial charge in [-0.3, -0.25) is 9.59 Å². The number of aromatic hydroxyl groups is 2. The largest absolute Gasteiger partial charge is 0.504 e. The molecule has 376 valence electrons. The number of rotatable bonds is 36. The second-order valence-electron chi connectivity index (χ2n) is 16.5. The average Bonchev–Trinajstić information content (AvgIpc) is 3.35. The fourth-order valence-electron chi connectivity index (χ4n) is 6.48. The standard InChI is InChI=1S/C63H76O8/c1-3-5-7-9-11-13-15-17-19-21-23-25-27-29-31-33-35-37-39-41-62(68)70-60-49-45-54(51-58(60)66)43-47-56(64)53-57(65)48-44-55-46-50-61(59(67)52-55)71-63(69)42-40-38-36-34-32-30-28-26-24-22-20-18-16-14-12-10-8-6-4-2/h19-52,66-67H,3-18,53H2,1-2H3/b21-19+,22-20+,25-23+,26-24+,29-27+,30-28+,33-31+,34-32+,37-35+,38-36+,41-39+,42-40+,47-43+,48-44+. The zero-order valence-corrected chi connectivity index (χ0v) is 42.0. The van der Waals surface area contributed by atoms with Gasteiger partial charge in [0.05, 0.1) is 6.42 Å². The number of unbranched alkanes of at least 4 members (excludes halogenated alkanes) is 14. The molecule has 0 bridgehead atoms. The molecule has 0 aliphatic heterocycles. The van der Waals surface area contributed by atoms with Crippen LogP contribution >= 0.6 is 0 Å². The van der Waals surface area contributed by atoms with E-state index in [0.717, 1.165) is 12.8 Å². The molecule has 0 unspecified atom stereocenters. The quantitative estimate of drug-likeness (QED) is 0.0173. The summed E-state index contributed by atoms with van der Waals surface area (Å²) in [6, 6.07) is 8.56. The highest BCUT2D eigenvalue weighted by Crippen LogP contribution is 2.29. The lowest BCUT2D eigenvalue weighted by Crippen LogP contribution is -2.04. The Morgan fingerprint density at radius 3 is 1.04 bits per heavy atom. The molecule has 2 aromatic rings. The topological polar surface area (TPSA) is 127 Å². The maximum Gasteiger partial charge on any atom is 0.336 e. The summed E-state index contributed by atoms with van der Waals surface area (Å²) in [5, 5.41) is 20.8. The maximum absolute atomic E-state index is 12.5. The van der Waals surface area contributed by atoms with Crippen molar-refractivity contribution in [2.24, 2.45) is 0 Å². The molecule has 8 heteroatoms. The van der Waals surface area contributed by atoms with Gasteiger partial charge in [-0.15, -0.1) is 0 Å². The van der Waals surface area contributed by atoms with E-state index in [-0.39, 0.29) is 23.0 Å². The molecular weight excluding hydrogens is 885 g/mol. The van der Waals surface area contributed by atoms with Crippen LogP contribution in [0.2, 0.25) is 0 Å². The number of ketones is 2. The predicted octanol–water partition coefficient (Wildman–Crippen LogP) is 16.1. The Morgan fingerprint density at radius 2 is 0.704 bits per heavy atom. The Balaban J connectivity index is 1.68. The van der Waals surface area contributed by atoms with Crippen molar-refractivity contribution < 1.29 is 38.9 Å². The van der Waals surface area contributed by atoms with Crippen LogP contribution in [-0.4, -0.2) is 33.7 Å². The van der Waals surface area contributed by atoms with Gasteiger partial charge in [-0.05, 0) is 73.2 Å². The lowest BCUT2D eigenvalue weighted by Gasteiger charge is -2.05. The third kappa shape index (κ3) is 33.8. The Morgan fingerprint density at radius 1 is 0.394 bits per heavy atom. The van der Waals surface area contributed by atoms with Crippen LogP contribution in [0.5, 0.6) is 23.0 Å². The van der Waals surface area contributed by atoms with Crippen LogP contribution in [0.15, 0.2) is 194 Å². The molecule has 0 saturated carbocycles. The third-order valence-corrected chi connectivity index (χ3v) is 10.3. The maximum atomic E-state index is 12.5. The van der Waals surface area contributed by atoms with Gasteiger partial charge in [-0.2, -0.15) is 0 Å². The molecule has 0 amide bonds. The Bertz CT molecular complexity index is 2150. The number of carbonyl (C=O) groups excluding carboxylic acids is 4. The van der Waals surface area contributed by atoms with E-state index in [1.54, 1.807) is 36.4 Å². The number of hydrogen-bond donors (Lipinski definition) is 2. The van der Waals surface area contributed by atoms with Crippen LogP contribution < -0.4 is 9.47 Å². The zero-order valence-electron chi connectivity index (χ0n) is 42.0. The molecule has 8 nitrogen and oxygen atoms in total. The van der Waals surface area contributed by atoms with E-state index in [0.29, 0.717) is 11.1 Å². The summed E-state index contributed by atoms with van der Waals surface area (Å²) >= 11 is 0. The lowest BCUT2D eigenvalue weighted by molar-refractivity contribution is -0.130. The van der Waals surface area contributed by atoms with Gasteiger partial charge in [0.15, 0.2) is 34.6 Å². The summed E-state index contributed by atoms with van der Waals surface area (Å²) in [7, 11) is 0. The first-order valence-electron chi connectivity index (χ1n) is 25.2. The number of phenols is 2. The summed E-state index contributed by atoms with van der Waals surface area (Å²) in [6.07, 6.45) is 69.6. The van der Waals surface area contributed by atoms with Gasteiger partial charge >= 0.3 is 11.9 Å². The minimum atomic E-state index is -0.681. The number of phenolic OH excluding ortho intramolecular Hbond substituents is 2. The van der Waals surface area contributed by atoms with Gasteiger partial charge in [0.2, 0.25) is 0 Å². The molecule has 2 N–H and O–H groups in total. The van der Waals surface area contributed by atoms with E-state index in [9.17, 15) is 29.4 Å². The Hall–Kier alpha value is -7.32. The summed E-state index contributed by atoms with van der Waals surface area (Å²) < 4.78 is 10.4. The van der Waals surface area contributed by atoms with E-state index < -0.39 is 29.9 Å². The minimum absolute atomic E-state index is 0.0520. The van der Waals surface area contributed by atoms with Crippen LogP contribution in [0.3, 0.4) is 0 Å². The predicted molar refractivity (Wildman–Crippen MR) is 295 cm³/mol. The second kappa shape index (κ2) is 41.6. The van der Waals surface area contributed by atoms with E-state index in [1.807, 2.05) is 72.9 Å². The van der Waals surface area contributed by atoms with Crippen molar-refractivity contribution in [2.75, 3.05) is 0 Å². The lowest BCUT2D eigenvalue weighted by atomic mass is 10.1. The fraction of sp³-hybridized carbons (Fsp3) is 0.302. The number of benzene rings is 2. The van der Waals surface area contributed by atoms with Gasteiger partial charge in [0, 0.05) is 12.2 Å². The van der Waals surface area contributed by atoms with Crippen molar-refractivity contribution in [2.45, 2.75) is 123 Å². The molecule has 0 aliphatic carbocycles. The van der Waals surface area contributed by atoms with Crippen molar-refractivity contribution in [3.05, 3.63) is 206 Å². The molecule has 0 aliphatic rings. The summed E-state index contributed by atoms with van der Waals surface area (Å²) in [4.78, 5) is 49.5. The van der Waals surface area contributed by atoms with Crippen LogP contribution in [-0.2, 0) is 19.2 Å². The molecule has 0 heterocycles. The van der Waals surface area contributed by atoms with E-state index in [2.05, 4.69) is 38.2 Å². The number of esters is 2. The van der Waals surface area contributed by atoms with E-state index in [1.165, 1.54) is 163 Å². The minimum Gasteiger partial charge on any atom is -0.504 e. The molecule has 2 aromatic carbocycles. The number of allylic oxidation sites excluding steroid dienone is 24. The van der Waals surface area contributed by atoms with Gasteiger partial charge < -0.3 is 19.7 Å². The molecule has 0 aromatic heterocycles. The van der Waals surface area contributed by atoms with E-state index in [4.69, 9.17) is 9.47 Å². The van der Waals surface area contributed by atoms with Crippen LogP contribution in [0.1, 0.15) is 134 Å². The average molecular weight is 961 g/mol. The molecule has 0 radical (unpaired) electrons. The van der Waals surface area contributed by atoms with Crippen LogP contribution in [0.25, 0.3) is 12.2 Å². The monoisotopic (exact) mass is 961 g/mol. The first-order chi connectivity index (χ1) is 34.7. The number of hydrogen-bond acceptors (Lipinski definition) is 8. The zero-order chi connectivity index (χ0) is 51.3. The van der Waals surface area contributed by atoms with E-state index >= 15 is 0 Å². The number of ether oxygens (including phenoxy) is 2. The summed E-state index contributed by atoms with van der Waals surface area (Å²) in [5.74, 6) is -3.03. The molecule has 0 atom stereocenters. The Kier molecular flexibility index (Phi) is 35.1. The highest BCUT2D eigenvalue weighted by molar-refractivity contribution is 6.11. The highest BCUT2D eigenvalue weighted by atomic mass is 16.5. The van der Waals surface area contributed by atoms with Gasteiger partial charge in [0.25, 0.3) is 0 Å². The molecule has 0 saturated heterocycles. The molecule has 0 spiro atoms. The van der Waals surface area contributed by atoms with Gasteiger partial charge in [0.1, 0.15) is 0 Å². The number of carbonyl (C=O) groups is 4. The van der Waals surface area contributed by atoms with Crippen molar-refractivity contribution in [3.8, 4) is 23.0 Å². The van der Waals surface area contributed by atoms with Crippen molar-refractivity contribution in [3.63, 3.8) is 0 Å². The summed E-state index contributed by atoms with van der Waals surface area (Å²) in [6.45, 7) is 4.48. The third-order valence-electron chi connectivity index (χ3n) is 10.3. The molecule has 2 rings (SSSR count). The normalized spacial score (nSPS) is 12.9. The van der Waals surface area contributed by atoms with Crippen molar-refractivity contribution in [1.82, 2.24) is 0 Å². The second-order valence-corrected chi connectivity index (χ2v) is 16.5. The summed E-state index contributed by atoms with van der Waals surface area (Å²) in [5.41, 5.74) is 0.896. The highest BCUT2D eigenvalue weighted by Gasteiger charge is 2.09. The SMILES string of the molecule is CCCCCCCCC/C=C/C=C/C=C/C=C/C=C/C=C/C(=O)Oc1ccc(/C=C/C(=O)CC(=O)/C=C/c2ccc(OC(=O)/C=C/C=C/C=C/C=C/C=C/C=C/CCCCCCCCC)c(O)c2)cc1O. The Labute approximate surface area is 424 Å². The first-order valence-corrected chi connectivity index (χ1v) is 25.2. The van der Waals surface area contributed by atoms with Crippen LogP contribution in [0.4, 0.5) is 0 Å².